The number of aromatic nitrogens is 4. The Morgan fingerprint density at radius 3 is 2.77 bits per heavy atom. The van der Waals surface area contributed by atoms with Crippen LogP contribution in [-0.4, -0.2) is 31.4 Å². The van der Waals surface area contributed by atoms with Crippen LogP contribution < -0.4 is 10.6 Å². The van der Waals surface area contributed by atoms with Crippen molar-refractivity contribution in [2.24, 2.45) is 0 Å². The van der Waals surface area contributed by atoms with E-state index in [0.717, 1.165) is 57.7 Å². The zero-order chi connectivity index (χ0) is 25.0. The van der Waals surface area contributed by atoms with Crippen LogP contribution in [0, 0.1) is 0 Å². The maximum absolute atomic E-state index is 12.3. The van der Waals surface area contributed by atoms with Crippen LogP contribution in [0.5, 0.6) is 0 Å². The normalized spacial score (nSPS) is 12.3. The molecule has 4 rings (SSSR count). The summed E-state index contributed by atoms with van der Waals surface area (Å²) in [7, 11) is 0. The highest BCUT2D eigenvalue weighted by molar-refractivity contribution is 7.16. The third-order valence-corrected chi connectivity index (χ3v) is 6.32. The van der Waals surface area contributed by atoms with E-state index < -0.39 is 0 Å². The van der Waals surface area contributed by atoms with Crippen molar-refractivity contribution in [1.82, 2.24) is 25.3 Å². The minimum absolute atomic E-state index is 0.0870. The number of hydrogen-bond donors (Lipinski definition) is 3. The Morgan fingerprint density at radius 1 is 1.17 bits per heavy atom. The quantitative estimate of drug-likeness (QED) is 0.227. The molecule has 0 bridgehead atoms. The number of aromatic amines is 1. The summed E-state index contributed by atoms with van der Waals surface area (Å²) in [6.07, 6.45) is 7.05. The lowest BCUT2D eigenvalue weighted by Gasteiger charge is -2.21. The van der Waals surface area contributed by atoms with Crippen molar-refractivity contribution in [1.29, 1.82) is 0 Å². The molecule has 0 atom stereocenters. The van der Waals surface area contributed by atoms with E-state index in [1.54, 1.807) is 17.7 Å². The molecular weight excluding hydrogens is 456 g/mol. The molecule has 0 fully saturated rings. The van der Waals surface area contributed by atoms with Crippen LogP contribution in [0.2, 0.25) is 0 Å². The van der Waals surface area contributed by atoms with Gasteiger partial charge in [0.2, 0.25) is 5.91 Å². The third-order valence-electron chi connectivity index (χ3n) is 5.53. The second kappa shape index (κ2) is 10.4. The van der Waals surface area contributed by atoms with Crippen LogP contribution in [0.4, 0.5) is 11.5 Å². The number of carbonyl (C=O) groups is 1. The molecule has 0 unspecified atom stereocenters. The monoisotopic (exact) mass is 488 g/mol. The van der Waals surface area contributed by atoms with Crippen molar-refractivity contribution in [3.63, 3.8) is 0 Å². The van der Waals surface area contributed by atoms with Crippen LogP contribution in [0.25, 0.3) is 26.8 Å². The molecule has 0 radical (unpaired) electrons. The van der Waals surface area contributed by atoms with Gasteiger partial charge in [-0.15, -0.1) is 11.3 Å². The molecule has 0 saturated carbocycles. The first kappa shape index (κ1) is 24.6. The fourth-order valence-corrected chi connectivity index (χ4v) is 4.58. The van der Waals surface area contributed by atoms with Gasteiger partial charge in [-0.25, -0.2) is 15.0 Å². The Morgan fingerprint density at radius 2 is 2.00 bits per heavy atom. The van der Waals surface area contributed by atoms with Gasteiger partial charge in [0.25, 0.3) is 0 Å². The van der Waals surface area contributed by atoms with Gasteiger partial charge in [-0.3, -0.25) is 4.79 Å². The Hall–Kier alpha value is -3.52. The van der Waals surface area contributed by atoms with Crippen molar-refractivity contribution in [3.05, 3.63) is 60.0 Å². The summed E-state index contributed by atoms with van der Waals surface area (Å²) in [5.74, 6) is 0.667. The van der Waals surface area contributed by atoms with Crippen molar-refractivity contribution >= 4 is 55.6 Å². The second-order valence-corrected chi connectivity index (χ2v) is 10.5. The highest BCUT2D eigenvalue weighted by Crippen LogP contribution is 2.30. The Bertz CT molecular complexity index is 1390. The van der Waals surface area contributed by atoms with Gasteiger partial charge in [0.05, 0.1) is 21.1 Å². The fraction of sp³-hybridized carbons (Fsp3) is 0.333. The van der Waals surface area contributed by atoms with E-state index in [9.17, 15) is 4.79 Å². The summed E-state index contributed by atoms with van der Waals surface area (Å²) in [6.45, 7) is 12.0. The van der Waals surface area contributed by atoms with Crippen LogP contribution in [0.3, 0.4) is 0 Å². The molecule has 0 aliphatic carbocycles. The molecular formula is C27H32N6OS. The number of nitrogens with zero attached hydrogens (tertiary/aromatic N) is 3. The van der Waals surface area contributed by atoms with E-state index >= 15 is 0 Å². The summed E-state index contributed by atoms with van der Waals surface area (Å²) >= 11 is 1.61. The lowest BCUT2D eigenvalue weighted by molar-refractivity contribution is -0.118. The first-order valence-corrected chi connectivity index (χ1v) is 12.7. The summed E-state index contributed by atoms with van der Waals surface area (Å²) in [5.41, 5.74) is 7.13. The van der Waals surface area contributed by atoms with E-state index in [1.165, 1.54) is 5.57 Å². The van der Waals surface area contributed by atoms with Crippen molar-refractivity contribution in [3.8, 4) is 0 Å². The highest BCUT2D eigenvalue weighted by atomic mass is 32.1. The van der Waals surface area contributed by atoms with Crippen molar-refractivity contribution in [2.45, 2.75) is 58.9 Å². The SMILES string of the molecule is C=C(CC/C=C(\CCC)c1cc2c(Nc3ccc4ncsc4c3)ncnc2[nH]1)C(=O)NC(C)(C)C. The van der Waals surface area contributed by atoms with Gasteiger partial charge in [0, 0.05) is 22.5 Å². The maximum Gasteiger partial charge on any atom is 0.247 e. The zero-order valence-electron chi connectivity index (χ0n) is 20.7. The van der Waals surface area contributed by atoms with E-state index in [4.69, 9.17) is 0 Å². The van der Waals surface area contributed by atoms with Gasteiger partial charge >= 0.3 is 0 Å². The molecule has 35 heavy (non-hydrogen) atoms. The summed E-state index contributed by atoms with van der Waals surface area (Å²) in [6, 6.07) is 8.20. The average Bonchev–Trinajstić information content (AvgIpc) is 3.44. The number of allylic oxidation sites excluding steroid dienone is 2. The minimum atomic E-state index is -0.271. The molecule has 3 aromatic heterocycles. The smallest absolute Gasteiger partial charge is 0.247 e. The molecule has 0 aliphatic rings. The van der Waals surface area contributed by atoms with Gasteiger partial charge in [-0.1, -0.05) is 26.0 Å². The second-order valence-electron chi connectivity index (χ2n) is 9.65. The lowest BCUT2D eigenvalue weighted by atomic mass is 10.0. The van der Waals surface area contributed by atoms with E-state index in [1.807, 2.05) is 38.4 Å². The molecule has 4 aromatic rings. The minimum Gasteiger partial charge on any atom is -0.348 e. The average molecular weight is 489 g/mol. The maximum atomic E-state index is 12.3. The molecule has 8 heteroatoms. The number of rotatable bonds is 9. The molecule has 1 aromatic carbocycles. The number of fused-ring (bicyclic) bond motifs is 2. The predicted molar refractivity (Wildman–Crippen MR) is 146 cm³/mol. The van der Waals surface area contributed by atoms with E-state index in [2.05, 4.69) is 62.3 Å². The first-order chi connectivity index (χ1) is 16.7. The predicted octanol–water partition coefficient (Wildman–Crippen LogP) is 6.75. The fourth-order valence-electron chi connectivity index (χ4n) is 3.86. The molecule has 7 nitrogen and oxygen atoms in total. The number of nitrogens with one attached hydrogen (secondary N) is 3. The number of amides is 1. The molecule has 0 saturated heterocycles. The number of anilines is 2. The van der Waals surface area contributed by atoms with Crippen molar-refractivity contribution in [2.75, 3.05) is 5.32 Å². The lowest BCUT2D eigenvalue weighted by Crippen LogP contribution is -2.41. The standard InChI is InChI=1S/C27H32N6OS/c1-6-8-18(10-7-9-17(2)26(34)33-27(3,4)5)22-14-20-24(28-15-29-25(20)32-22)31-19-11-12-21-23(13-19)35-16-30-21/h10-16H,2,6-9H2,1,3-5H3,(H,33,34)(H2,28,29,31,32)/b18-10+. The van der Waals surface area contributed by atoms with Gasteiger partial charge in [0.1, 0.15) is 17.8 Å². The molecule has 0 aliphatic heterocycles. The summed E-state index contributed by atoms with van der Waals surface area (Å²) in [4.78, 5) is 29.1. The number of H-pyrrole nitrogens is 1. The van der Waals surface area contributed by atoms with Crippen molar-refractivity contribution < 1.29 is 4.79 Å². The molecule has 3 heterocycles. The molecule has 1 amide bonds. The topological polar surface area (TPSA) is 95.6 Å². The number of carbonyl (C=O) groups excluding carboxylic acids is 1. The van der Waals surface area contributed by atoms with Gasteiger partial charge in [-0.2, -0.15) is 0 Å². The molecule has 3 N–H and O–H groups in total. The summed E-state index contributed by atoms with van der Waals surface area (Å²) in [5, 5.41) is 7.34. The molecule has 182 valence electrons. The summed E-state index contributed by atoms with van der Waals surface area (Å²) < 4.78 is 1.13. The largest absolute Gasteiger partial charge is 0.348 e. The van der Waals surface area contributed by atoms with E-state index in [0.29, 0.717) is 12.0 Å². The van der Waals surface area contributed by atoms with E-state index in [-0.39, 0.29) is 11.4 Å². The number of hydrogen-bond acceptors (Lipinski definition) is 6. The Labute approximate surface area is 209 Å². The zero-order valence-corrected chi connectivity index (χ0v) is 21.6. The van der Waals surface area contributed by atoms with Crippen LogP contribution in [0.15, 0.2) is 54.3 Å². The third kappa shape index (κ3) is 6.14. The number of thiazole rings is 1. The highest BCUT2D eigenvalue weighted by Gasteiger charge is 2.16. The van der Waals surface area contributed by atoms with Gasteiger partial charge in [0.15, 0.2) is 0 Å². The Kier molecular flexibility index (Phi) is 7.31. The van der Waals surface area contributed by atoms with Crippen LogP contribution in [-0.2, 0) is 4.79 Å². The van der Waals surface area contributed by atoms with Crippen LogP contribution >= 0.6 is 11.3 Å². The van der Waals surface area contributed by atoms with Gasteiger partial charge < -0.3 is 15.6 Å². The Balaban J connectivity index is 1.53. The van der Waals surface area contributed by atoms with Crippen LogP contribution in [0.1, 0.15) is 59.1 Å². The number of benzene rings is 1. The first-order valence-electron chi connectivity index (χ1n) is 11.9. The van der Waals surface area contributed by atoms with Gasteiger partial charge in [-0.05, 0) is 69.9 Å². The molecule has 0 spiro atoms.